The number of anilines is 1. The molecule has 0 saturated carbocycles. The number of nitrogens with zero attached hydrogens (tertiary/aromatic N) is 6. The lowest BCUT2D eigenvalue weighted by Gasteiger charge is -2.32. The maximum Gasteiger partial charge on any atom is 0.163 e. The smallest absolute Gasteiger partial charge is 0.163 e. The number of rotatable bonds is 2. The van der Waals surface area contributed by atoms with E-state index in [0.29, 0.717) is 36.5 Å². The van der Waals surface area contributed by atoms with Crippen LogP contribution in [-0.2, 0) is 11.8 Å². The van der Waals surface area contributed by atoms with Gasteiger partial charge in [-0.15, -0.1) is 10.2 Å². The predicted octanol–water partition coefficient (Wildman–Crippen LogP) is 1.61. The summed E-state index contributed by atoms with van der Waals surface area (Å²) < 4.78 is 34.2. The Morgan fingerprint density at radius 2 is 2.00 bits per heavy atom. The molecule has 24 heavy (non-hydrogen) atoms. The second-order valence-electron chi connectivity index (χ2n) is 5.59. The molecule has 0 radical (unpaired) electrons. The number of morpholine rings is 1. The summed E-state index contributed by atoms with van der Waals surface area (Å²) in [5.41, 5.74) is 0.629. The highest BCUT2D eigenvalue weighted by molar-refractivity contribution is 5.75. The van der Waals surface area contributed by atoms with E-state index in [4.69, 9.17) is 4.74 Å². The van der Waals surface area contributed by atoms with Gasteiger partial charge < -0.3 is 14.2 Å². The van der Waals surface area contributed by atoms with Gasteiger partial charge in [-0.25, -0.2) is 13.8 Å². The van der Waals surface area contributed by atoms with Crippen LogP contribution in [0, 0.1) is 11.6 Å². The van der Waals surface area contributed by atoms with Gasteiger partial charge in [0.05, 0.1) is 30.4 Å². The third-order valence-corrected chi connectivity index (χ3v) is 4.00. The third kappa shape index (κ3) is 2.56. The topological polar surface area (TPSA) is 69.0 Å². The zero-order valence-electron chi connectivity index (χ0n) is 12.9. The molecule has 4 rings (SSSR count). The number of aromatic nitrogens is 5. The monoisotopic (exact) mass is 332 g/mol. The Kier molecular flexibility index (Phi) is 3.57. The van der Waals surface area contributed by atoms with Crippen LogP contribution in [0.15, 0.2) is 24.7 Å². The molecular weight excluding hydrogens is 318 g/mol. The van der Waals surface area contributed by atoms with Gasteiger partial charge in [0.15, 0.2) is 17.5 Å². The van der Waals surface area contributed by atoms with Crippen molar-refractivity contribution in [1.82, 2.24) is 24.7 Å². The maximum absolute atomic E-state index is 13.4. The van der Waals surface area contributed by atoms with E-state index in [2.05, 4.69) is 20.2 Å². The average Bonchev–Trinajstić information content (AvgIpc) is 3.02. The van der Waals surface area contributed by atoms with E-state index in [-0.39, 0.29) is 6.10 Å². The molecule has 1 fully saturated rings. The summed E-state index contributed by atoms with van der Waals surface area (Å²) in [6, 6.07) is 2.10. The van der Waals surface area contributed by atoms with Gasteiger partial charge in [-0.05, 0) is 0 Å². The first-order valence-electron chi connectivity index (χ1n) is 7.44. The Bertz CT molecular complexity index is 899. The SMILES string of the molecule is Cn1cnnc1C1CN(c2cnc3cc(F)c(F)cc3n2)CCO1. The summed E-state index contributed by atoms with van der Waals surface area (Å²) in [7, 11) is 1.85. The van der Waals surface area contributed by atoms with Crippen LogP contribution < -0.4 is 4.90 Å². The van der Waals surface area contributed by atoms with Gasteiger partial charge >= 0.3 is 0 Å². The van der Waals surface area contributed by atoms with Crippen molar-refractivity contribution in [3.8, 4) is 0 Å². The summed E-state index contributed by atoms with van der Waals surface area (Å²) in [6.45, 7) is 1.64. The molecule has 3 aromatic rings. The Labute approximate surface area is 135 Å². The van der Waals surface area contributed by atoms with Gasteiger partial charge in [0.1, 0.15) is 18.2 Å². The molecule has 1 aliphatic heterocycles. The summed E-state index contributed by atoms with van der Waals surface area (Å²) in [4.78, 5) is 10.6. The highest BCUT2D eigenvalue weighted by Gasteiger charge is 2.26. The van der Waals surface area contributed by atoms with Gasteiger partial charge in [-0.3, -0.25) is 4.98 Å². The molecule has 3 heterocycles. The largest absolute Gasteiger partial charge is 0.366 e. The normalized spacial score (nSPS) is 18.3. The van der Waals surface area contributed by atoms with E-state index in [1.165, 1.54) is 0 Å². The Morgan fingerprint density at radius 3 is 2.75 bits per heavy atom. The van der Waals surface area contributed by atoms with Gasteiger partial charge in [0.25, 0.3) is 0 Å². The molecule has 0 amide bonds. The van der Waals surface area contributed by atoms with Crippen molar-refractivity contribution in [2.24, 2.45) is 7.05 Å². The van der Waals surface area contributed by atoms with E-state index in [1.807, 2.05) is 11.9 Å². The molecule has 0 N–H and O–H groups in total. The van der Waals surface area contributed by atoms with Crippen LogP contribution in [0.1, 0.15) is 11.9 Å². The van der Waals surface area contributed by atoms with Crippen molar-refractivity contribution in [1.29, 1.82) is 0 Å². The molecule has 0 aliphatic carbocycles. The molecule has 124 valence electrons. The van der Waals surface area contributed by atoms with Crippen molar-refractivity contribution in [2.75, 3.05) is 24.6 Å². The lowest BCUT2D eigenvalue weighted by molar-refractivity contribution is 0.0318. The number of hydrogen-bond acceptors (Lipinski definition) is 6. The first kappa shape index (κ1) is 14.9. The third-order valence-electron chi connectivity index (χ3n) is 4.00. The summed E-state index contributed by atoms with van der Waals surface area (Å²) >= 11 is 0. The number of fused-ring (bicyclic) bond motifs is 1. The van der Waals surface area contributed by atoms with E-state index >= 15 is 0 Å². The molecule has 0 spiro atoms. The minimum Gasteiger partial charge on any atom is -0.366 e. The summed E-state index contributed by atoms with van der Waals surface area (Å²) in [5, 5.41) is 7.94. The first-order chi connectivity index (χ1) is 11.6. The van der Waals surface area contributed by atoms with E-state index in [9.17, 15) is 8.78 Å². The molecule has 1 unspecified atom stereocenters. The molecule has 9 heteroatoms. The van der Waals surface area contributed by atoms with Gasteiger partial charge in [0.2, 0.25) is 0 Å². The summed E-state index contributed by atoms with van der Waals surface area (Å²) in [6.07, 6.45) is 2.93. The molecule has 1 saturated heterocycles. The number of ether oxygens (including phenoxy) is 1. The number of hydrogen-bond donors (Lipinski definition) is 0. The molecule has 7 nitrogen and oxygen atoms in total. The molecule has 2 aromatic heterocycles. The van der Waals surface area contributed by atoms with Crippen LogP contribution in [0.2, 0.25) is 0 Å². The average molecular weight is 332 g/mol. The van der Waals surface area contributed by atoms with Crippen LogP contribution in [0.4, 0.5) is 14.6 Å². The quantitative estimate of drug-likeness (QED) is 0.710. The fourth-order valence-electron chi connectivity index (χ4n) is 2.75. The van der Waals surface area contributed by atoms with Crippen LogP contribution in [0.25, 0.3) is 11.0 Å². The standard InChI is InChI=1S/C15H14F2N6O/c1-22-8-19-21-15(22)13-7-23(2-3-24-13)14-6-18-11-4-9(16)10(17)5-12(11)20-14/h4-6,8,13H,2-3,7H2,1H3. The molecule has 1 aliphatic rings. The maximum atomic E-state index is 13.4. The van der Waals surface area contributed by atoms with Crippen molar-refractivity contribution in [3.63, 3.8) is 0 Å². The minimum absolute atomic E-state index is 0.242. The molecule has 0 bridgehead atoms. The minimum atomic E-state index is -0.937. The summed E-state index contributed by atoms with van der Waals surface area (Å²) in [5.74, 6) is -0.559. The zero-order chi connectivity index (χ0) is 16.7. The van der Waals surface area contributed by atoms with Crippen LogP contribution in [0.3, 0.4) is 0 Å². The van der Waals surface area contributed by atoms with E-state index in [0.717, 1.165) is 18.0 Å². The number of halogens is 2. The van der Waals surface area contributed by atoms with Crippen molar-refractivity contribution >= 4 is 16.9 Å². The van der Waals surface area contributed by atoms with Crippen molar-refractivity contribution in [3.05, 3.63) is 42.1 Å². The predicted molar refractivity (Wildman–Crippen MR) is 81.4 cm³/mol. The Hall–Kier alpha value is -2.68. The number of aryl methyl sites for hydroxylation is 1. The molecular formula is C15H14F2N6O. The number of benzene rings is 1. The van der Waals surface area contributed by atoms with E-state index in [1.54, 1.807) is 17.1 Å². The second kappa shape index (κ2) is 5.75. The highest BCUT2D eigenvalue weighted by atomic mass is 19.2. The fourth-order valence-corrected chi connectivity index (χ4v) is 2.75. The van der Waals surface area contributed by atoms with Crippen LogP contribution in [0.5, 0.6) is 0 Å². The Morgan fingerprint density at radius 1 is 1.21 bits per heavy atom. The van der Waals surface area contributed by atoms with E-state index < -0.39 is 11.6 Å². The highest BCUT2D eigenvalue weighted by Crippen LogP contribution is 2.25. The van der Waals surface area contributed by atoms with Crippen molar-refractivity contribution < 1.29 is 13.5 Å². The van der Waals surface area contributed by atoms with Gasteiger partial charge in [-0.1, -0.05) is 0 Å². The second-order valence-corrected chi connectivity index (χ2v) is 5.59. The first-order valence-corrected chi connectivity index (χ1v) is 7.44. The van der Waals surface area contributed by atoms with Crippen molar-refractivity contribution in [2.45, 2.75) is 6.10 Å². The van der Waals surface area contributed by atoms with Crippen LogP contribution >= 0.6 is 0 Å². The molecule has 1 aromatic carbocycles. The van der Waals surface area contributed by atoms with Crippen LogP contribution in [-0.4, -0.2) is 44.4 Å². The Balaban J connectivity index is 1.64. The fraction of sp³-hybridized carbons (Fsp3) is 0.333. The molecule has 1 atom stereocenters. The van der Waals surface area contributed by atoms with Gasteiger partial charge in [-0.2, -0.15) is 0 Å². The zero-order valence-corrected chi connectivity index (χ0v) is 12.9. The lowest BCUT2D eigenvalue weighted by atomic mass is 10.2. The van der Waals surface area contributed by atoms with Gasteiger partial charge in [0, 0.05) is 25.7 Å². The lowest BCUT2D eigenvalue weighted by Crippen LogP contribution is -2.39.